The Morgan fingerprint density at radius 3 is 2.11 bits per heavy atom. The molecule has 5 heteroatoms. The summed E-state index contributed by atoms with van der Waals surface area (Å²) in [5.74, 6) is -0.244. The molecule has 0 aliphatic rings. The van der Waals surface area contributed by atoms with E-state index in [0.717, 1.165) is 11.1 Å². The summed E-state index contributed by atoms with van der Waals surface area (Å²) in [5.41, 5.74) is 3.86. The predicted octanol–water partition coefficient (Wildman–Crippen LogP) is 5.47. The number of aryl methyl sites for hydroxylation is 2. The van der Waals surface area contributed by atoms with Crippen LogP contribution in [0.2, 0.25) is 5.02 Å². The molecule has 3 aromatic carbocycles. The van der Waals surface area contributed by atoms with Crippen LogP contribution in [-0.4, -0.2) is 11.8 Å². The van der Waals surface area contributed by atoms with Crippen LogP contribution in [0.25, 0.3) is 0 Å². The topological polar surface area (TPSA) is 58.2 Å². The highest BCUT2D eigenvalue weighted by atomic mass is 35.5. The Labute approximate surface area is 169 Å². The molecule has 0 aromatic heterocycles. The van der Waals surface area contributed by atoms with E-state index < -0.39 is 0 Å². The van der Waals surface area contributed by atoms with E-state index in [4.69, 9.17) is 11.6 Å². The van der Waals surface area contributed by atoms with Crippen molar-refractivity contribution in [2.24, 2.45) is 0 Å². The Morgan fingerprint density at radius 2 is 1.43 bits per heavy atom. The molecule has 0 saturated carbocycles. The Balaban J connectivity index is 1.54. The van der Waals surface area contributed by atoms with Crippen molar-refractivity contribution in [3.05, 3.63) is 94.5 Å². The molecule has 3 rings (SSSR count). The number of halogens is 1. The van der Waals surface area contributed by atoms with Gasteiger partial charge in [0.15, 0.2) is 0 Å². The first-order chi connectivity index (χ1) is 13.5. The molecular formula is C23H21ClN2O2. The van der Waals surface area contributed by atoms with Crippen LogP contribution in [-0.2, 0) is 11.2 Å². The van der Waals surface area contributed by atoms with Gasteiger partial charge in [-0.05, 0) is 60.9 Å². The van der Waals surface area contributed by atoms with E-state index in [1.807, 2.05) is 49.4 Å². The third-order valence-corrected chi connectivity index (χ3v) is 4.76. The predicted molar refractivity (Wildman–Crippen MR) is 114 cm³/mol. The fourth-order valence-corrected chi connectivity index (χ4v) is 3.07. The van der Waals surface area contributed by atoms with Gasteiger partial charge in [-0.15, -0.1) is 0 Å². The Bertz CT molecular complexity index is 984. The average Bonchev–Trinajstić information content (AvgIpc) is 2.69. The summed E-state index contributed by atoms with van der Waals surface area (Å²) in [6.07, 6.45) is 0.922. The number of benzene rings is 3. The quantitative estimate of drug-likeness (QED) is 0.584. The highest BCUT2D eigenvalue weighted by Crippen LogP contribution is 2.18. The summed E-state index contributed by atoms with van der Waals surface area (Å²) >= 11 is 6.11. The zero-order chi connectivity index (χ0) is 19.9. The summed E-state index contributed by atoms with van der Waals surface area (Å²) in [5, 5.41) is 6.39. The van der Waals surface area contributed by atoms with E-state index in [0.29, 0.717) is 34.8 Å². The normalized spacial score (nSPS) is 10.4. The van der Waals surface area contributed by atoms with Crippen molar-refractivity contribution in [3.63, 3.8) is 0 Å². The van der Waals surface area contributed by atoms with Crippen molar-refractivity contribution in [3.8, 4) is 0 Å². The smallest absolute Gasteiger partial charge is 0.255 e. The summed E-state index contributed by atoms with van der Waals surface area (Å²) in [6, 6.07) is 22.0. The van der Waals surface area contributed by atoms with E-state index in [1.165, 1.54) is 0 Å². The van der Waals surface area contributed by atoms with E-state index >= 15 is 0 Å². The Hall–Kier alpha value is -3.11. The largest absolute Gasteiger partial charge is 0.326 e. The van der Waals surface area contributed by atoms with Crippen LogP contribution in [0.4, 0.5) is 11.4 Å². The number of hydrogen-bond acceptors (Lipinski definition) is 2. The highest BCUT2D eigenvalue weighted by molar-refractivity contribution is 6.31. The van der Waals surface area contributed by atoms with Gasteiger partial charge in [-0.1, -0.05) is 48.0 Å². The van der Waals surface area contributed by atoms with Crippen LogP contribution in [0.3, 0.4) is 0 Å². The number of carbonyl (C=O) groups is 2. The third-order valence-electron chi connectivity index (χ3n) is 4.40. The van der Waals surface area contributed by atoms with E-state index in [-0.39, 0.29) is 11.8 Å². The molecule has 2 amide bonds. The van der Waals surface area contributed by atoms with Gasteiger partial charge in [-0.2, -0.15) is 0 Å². The Morgan fingerprint density at radius 1 is 0.821 bits per heavy atom. The van der Waals surface area contributed by atoms with Gasteiger partial charge in [0.25, 0.3) is 5.91 Å². The summed E-state index contributed by atoms with van der Waals surface area (Å²) in [4.78, 5) is 24.5. The molecule has 0 unspecified atom stereocenters. The van der Waals surface area contributed by atoms with Crippen LogP contribution in [0.15, 0.2) is 72.8 Å². The van der Waals surface area contributed by atoms with Crippen molar-refractivity contribution in [1.29, 1.82) is 0 Å². The molecule has 0 saturated heterocycles. The van der Waals surface area contributed by atoms with Gasteiger partial charge in [0, 0.05) is 28.4 Å². The van der Waals surface area contributed by atoms with Gasteiger partial charge >= 0.3 is 0 Å². The lowest BCUT2D eigenvalue weighted by atomic mass is 10.1. The molecule has 3 aromatic rings. The van der Waals surface area contributed by atoms with Crippen LogP contribution in [0.5, 0.6) is 0 Å². The van der Waals surface area contributed by atoms with E-state index in [1.54, 1.807) is 30.3 Å². The molecule has 0 fully saturated rings. The number of carbonyl (C=O) groups excluding carboxylic acids is 2. The highest BCUT2D eigenvalue weighted by Gasteiger charge is 2.09. The van der Waals surface area contributed by atoms with Gasteiger partial charge in [0.05, 0.1) is 0 Å². The number of amides is 2. The molecule has 2 N–H and O–H groups in total. The second kappa shape index (κ2) is 9.20. The molecule has 0 heterocycles. The summed E-state index contributed by atoms with van der Waals surface area (Å²) < 4.78 is 0. The van der Waals surface area contributed by atoms with Crippen molar-refractivity contribution >= 4 is 34.8 Å². The first-order valence-electron chi connectivity index (χ1n) is 9.03. The Kier molecular flexibility index (Phi) is 6.45. The second-order valence-corrected chi connectivity index (χ2v) is 6.89. The molecule has 0 atom stereocenters. The minimum Gasteiger partial charge on any atom is -0.326 e. The standard InChI is InChI=1S/C23H21ClN2O2/c1-16-6-2-4-8-20(16)23(28)26-19-13-11-18(12-14-19)25-22(27)15-10-17-7-3-5-9-21(17)24/h2-9,11-14H,10,15H2,1H3,(H,25,27)(H,26,28). The molecular weight excluding hydrogens is 372 g/mol. The van der Waals surface area contributed by atoms with Gasteiger partial charge in [0.2, 0.25) is 5.91 Å². The van der Waals surface area contributed by atoms with E-state index in [2.05, 4.69) is 10.6 Å². The molecule has 0 spiro atoms. The van der Waals surface area contributed by atoms with Gasteiger partial charge in [0.1, 0.15) is 0 Å². The molecule has 0 aliphatic carbocycles. The van der Waals surface area contributed by atoms with Gasteiger partial charge < -0.3 is 10.6 Å². The minimum atomic E-state index is -0.158. The van der Waals surface area contributed by atoms with E-state index in [9.17, 15) is 9.59 Å². The summed E-state index contributed by atoms with van der Waals surface area (Å²) in [6.45, 7) is 1.90. The van der Waals surface area contributed by atoms with Gasteiger partial charge in [-0.25, -0.2) is 0 Å². The maximum absolute atomic E-state index is 12.4. The molecule has 0 bridgehead atoms. The monoisotopic (exact) mass is 392 g/mol. The maximum atomic E-state index is 12.4. The fraction of sp³-hybridized carbons (Fsp3) is 0.130. The van der Waals surface area contributed by atoms with Crippen molar-refractivity contribution in [2.45, 2.75) is 19.8 Å². The molecule has 4 nitrogen and oxygen atoms in total. The number of nitrogens with one attached hydrogen (secondary N) is 2. The first-order valence-corrected chi connectivity index (χ1v) is 9.41. The van der Waals surface area contributed by atoms with Crippen LogP contribution >= 0.6 is 11.6 Å². The molecule has 0 aliphatic heterocycles. The van der Waals surface area contributed by atoms with Crippen LogP contribution < -0.4 is 10.6 Å². The van der Waals surface area contributed by atoms with Crippen LogP contribution in [0, 0.1) is 6.92 Å². The zero-order valence-electron chi connectivity index (χ0n) is 15.5. The minimum absolute atomic E-state index is 0.0865. The second-order valence-electron chi connectivity index (χ2n) is 6.49. The molecule has 142 valence electrons. The molecule has 28 heavy (non-hydrogen) atoms. The van der Waals surface area contributed by atoms with Crippen molar-refractivity contribution in [2.75, 3.05) is 10.6 Å². The number of rotatable bonds is 6. The average molecular weight is 393 g/mol. The number of anilines is 2. The van der Waals surface area contributed by atoms with Crippen molar-refractivity contribution in [1.82, 2.24) is 0 Å². The summed E-state index contributed by atoms with van der Waals surface area (Å²) in [7, 11) is 0. The number of hydrogen-bond donors (Lipinski definition) is 2. The lowest BCUT2D eigenvalue weighted by Crippen LogP contribution is -2.14. The first kappa shape index (κ1) is 19.6. The maximum Gasteiger partial charge on any atom is 0.255 e. The van der Waals surface area contributed by atoms with Crippen molar-refractivity contribution < 1.29 is 9.59 Å². The zero-order valence-corrected chi connectivity index (χ0v) is 16.3. The molecule has 0 radical (unpaired) electrons. The van der Waals surface area contributed by atoms with Crippen LogP contribution in [0.1, 0.15) is 27.9 Å². The lowest BCUT2D eigenvalue weighted by Gasteiger charge is -2.09. The van der Waals surface area contributed by atoms with Gasteiger partial charge in [-0.3, -0.25) is 9.59 Å². The fourth-order valence-electron chi connectivity index (χ4n) is 2.84. The third kappa shape index (κ3) is 5.21. The lowest BCUT2D eigenvalue weighted by molar-refractivity contribution is -0.116. The SMILES string of the molecule is Cc1ccccc1C(=O)Nc1ccc(NC(=O)CCc2ccccc2Cl)cc1.